The molecule has 0 atom stereocenters. The van der Waals surface area contributed by atoms with Gasteiger partial charge < -0.3 is 10.1 Å². The zero-order valence-corrected chi connectivity index (χ0v) is 11.2. The fraction of sp³-hybridized carbons (Fsp3) is 0.538. The van der Waals surface area contributed by atoms with E-state index in [-0.39, 0.29) is 0 Å². The van der Waals surface area contributed by atoms with E-state index in [0.717, 1.165) is 25.7 Å². The zero-order chi connectivity index (χ0) is 11.4. The van der Waals surface area contributed by atoms with Gasteiger partial charge in [0.2, 0.25) is 0 Å². The number of rotatable bonds is 3. The van der Waals surface area contributed by atoms with E-state index < -0.39 is 0 Å². The molecular formula is C13H18BrNO. The van der Waals surface area contributed by atoms with Crippen molar-refractivity contribution in [2.75, 3.05) is 25.1 Å². The highest BCUT2D eigenvalue weighted by atomic mass is 79.9. The average molecular weight is 284 g/mol. The van der Waals surface area contributed by atoms with Gasteiger partial charge in [-0.1, -0.05) is 22.0 Å². The van der Waals surface area contributed by atoms with E-state index in [9.17, 15) is 0 Å². The summed E-state index contributed by atoms with van der Waals surface area (Å²) in [5.41, 5.74) is 2.47. The van der Waals surface area contributed by atoms with E-state index >= 15 is 0 Å². The highest BCUT2D eigenvalue weighted by Gasteiger charge is 2.13. The highest BCUT2D eigenvalue weighted by Crippen LogP contribution is 2.22. The van der Waals surface area contributed by atoms with Crippen LogP contribution in [0.15, 0.2) is 22.7 Å². The third-order valence-corrected chi connectivity index (χ3v) is 3.96. The van der Waals surface area contributed by atoms with Crippen molar-refractivity contribution in [1.29, 1.82) is 0 Å². The van der Waals surface area contributed by atoms with E-state index in [0.29, 0.717) is 0 Å². The molecule has 0 unspecified atom stereocenters. The molecule has 1 N–H and O–H groups in total. The van der Waals surface area contributed by atoms with Crippen LogP contribution in [-0.4, -0.2) is 19.8 Å². The lowest BCUT2D eigenvalue weighted by Gasteiger charge is -2.22. The molecule has 1 aliphatic rings. The summed E-state index contributed by atoms with van der Waals surface area (Å²) in [6.07, 6.45) is 2.36. The Balaban J connectivity index is 1.86. The van der Waals surface area contributed by atoms with Crippen molar-refractivity contribution in [1.82, 2.24) is 0 Å². The van der Waals surface area contributed by atoms with Crippen LogP contribution in [0.25, 0.3) is 0 Å². The summed E-state index contributed by atoms with van der Waals surface area (Å²) in [7, 11) is 0. The van der Waals surface area contributed by atoms with Gasteiger partial charge >= 0.3 is 0 Å². The molecule has 2 rings (SSSR count). The molecule has 16 heavy (non-hydrogen) atoms. The molecule has 0 aromatic heterocycles. The molecule has 1 aliphatic heterocycles. The highest BCUT2D eigenvalue weighted by molar-refractivity contribution is 9.10. The minimum absolute atomic E-state index is 0.758. The van der Waals surface area contributed by atoms with Crippen molar-refractivity contribution < 1.29 is 4.74 Å². The smallest absolute Gasteiger partial charge is 0.0469 e. The van der Waals surface area contributed by atoms with Crippen molar-refractivity contribution in [3.63, 3.8) is 0 Å². The number of halogens is 1. The van der Waals surface area contributed by atoms with E-state index in [4.69, 9.17) is 4.74 Å². The van der Waals surface area contributed by atoms with Gasteiger partial charge in [0.25, 0.3) is 0 Å². The van der Waals surface area contributed by atoms with Crippen LogP contribution in [0.1, 0.15) is 18.4 Å². The average Bonchev–Trinajstić information content (AvgIpc) is 2.32. The maximum absolute atomic E-state index is 5.35. The monoisotopic (exact) mass is 283 g/mol. The minimum Gasteiger partial charge on any atom is -0.385 e. The first kappa shape index (κ1) is 11.9. The number of ether oxygens (including phenoxy) is 1. The standard InChI is InChI=1S/C13H18BrNO/c1-10-2-3-12(8-13(10)14)15-9-11-4-6-16-7-5-11/h2-3,8,11,15H,4-7,9H2,1H3. The third kappa shape index (κ3) is 3.22. The quantitative estimate of drug-likeness (QED) is 0.915. The van der Waals surface area contributed by atoms with Crippen LogP contribution < -0.4 is 5.32 Å². The topological polar surface area (TPSA) is 21.3 Å². The van der Waals surface area contributed by atoms with Gasteiger partial charge in [0.15, 0.2) is 0 Å². The van der Waals surface area contributed by atoms with E-state index in [1.807, 2.05) is 0 Å². The molecule has 0 saturated carbocycles. The number of aryl methyl sites for hydroxylation is 1. The number of nitrogens with one attached hydrogen (secondary N) is 1. The molecule has 1 heterocycles. The molecule has 0 spiro atoms. The van der Waals surface area contributed by atoms with Crippen LogP contribution in [-0.2, 0) is 4.74 Å². The molecule has 0 bridgehead atoms. The Kier molecular flexibility index (Phi) is 4.24. The van der Waals surface area contributed by atoms with Crippen LogP contribution in [0.2, 0.25) is 0 Å². The van der Waals surface area contributed by atoms with Gasteiger partial charge in [-0.3, -0.25) is 0 Å². The molecule has 1 aromatic carbocycles. The summed E-state index contributed by atoms with van der Waals surface area (Å²) in [5, 5.41) is 3.50. The molecule has 88 valence electrons. The predicted octanol–water partition coefficient (Wildman–Crippen LogP) is 3.60. The summed E-state index contributed by atoms with van der Waals surface area (Å²) in [6, 6.07) is 6.42. The van der Waals surface area contributed by atoms with Gasteiger partial charge in [0.1, 0.15) is 0 Å². The lowest BCUT2D eigenvalue weighted by atomic mass is 10.0. The largest absolute Gasteiger partial charge is 0.385 e. The van der Waals surface area contributed by atoms with Gasteiger partial charge in [-0.25, -0.2) is 0 Å². The van der Waals surface area contributed by atoms with Gasteiger partial charge in [0.05, 0.1) is 0 Å². The molecule has 0 radical (unpaired) electrons. The van der Waals surface area contributed by atoms with Crippen molar-refractivity contribution in [2.24, 2.45) is 5.92 Å². The summed E-state index contributed by atoms with van der Waals surface area (Å²) >= 11 is 3.55. The van der Waals surface area contributed by atoms with Crippen LogP contribution in [0.5, 0.6) is 0 Å². The first-order chi connectivity index (χ1) is 7.75. The third-order valence-electron chi connectivity index (χ3n) is 3.11. The first-order valence-electron chi connectivity index (χ1n) is 5.83. The molecule has 1 saturated heterocycles. The summed E-state index contributed by atoms with van der Waals surface area (Å²) in [4.78, 5) is 0. The van der Waals surface area contributed by atoms with Gasteiger partial charge in [-0.2, -0.15) is 0 Å². The van der Waals surface area contributed by atoms with E-state index in [1.165, 1.54) is 28.6 Å². The van der Waals surface area contributed by atoms with Crippen LogP contribution in [0.3, 0.4) is 0 Å². The number of benzene rings is 1. The summed E-state index contributed by atoms with van der Waals surface area (Å²) in [5.74, 6) is 0.758. The second-order valence-electron chi connectivity index (χ2n) is 4.40. The molecule has 3 heteroatoms. The second-order valence-corrected chi connectivity index (χ2v) is 5.25. The van der Waals surface area contributed by atoms with Gasteiger partial charge in [-0.15, -0.1) is 0 Å². The van der Waals surface area contributed by atoms with Crippen LogP contribution >= 0.6 is 15.9 Å². The fourth-order valence-corrected chi connectivity index (χ4v) is 2.29. The van der Waals surface area contributed by atoms with E-state index in [1.54, 1.807) is 0 Å². The fourth-order valence-electron chi connectivity index (χ4n) is 1.92. The molecular weight excluding hydrogens is 266 g/mol. The van der Waals surface area contributed by atoms with E-state index in [2.05, 4.69) is 46.4 Å². The predicted molar refractivity (Wildman–Crippen MR) is 70.9 cm³/mol. The Bertz CT molecular complexity index is 348. The minimum atomic E-state index is 0.758. The van der Waals surface area contributed by atoms with Crippen molar-refractivity contribution in [3.8, 4) is 0 Å². The van der Waals surface area contributed by atoms with Crippen molar-refractivity contribution >= 4 is 21.6 Å². The Morgan fingerprint density at radius 3 is 2.81 bits per heavy atom. The Hall–Kier alpha value is -0.540. The number of hydrogen-bond acceptors (Lipinski definition) is 2. The lowest BCUT2D eigenvalue weighted by molar-refractivity contribution is 0.0699. The normalized spacial score (nSPS) is 17.4. The number of anilines is 1. The van der Waals surface area contributed by atoms with Gasteiger partial charge in [0, 0.05) is 29.9 Å². The maximum atomic E-state index is 5.35. The molecule has 1 aromatic rings. The Morgan fingerprint density at radius 2 is 2.12 bits per heavy atom. The number of hydrogen-bond donors (Lipinski definition) is 1. The molecule has 1 fully saturated rings. The summed E-state index contributed by atoms with van der Waals surface area (Å²) in [6.45, 7) is 5.00. The molecule has 0 aliphatic carbocycles. The van der Waals surface area contributed by atoms with Crippen LogP contribution in [0, 0.1) is 12.8 Å². The maximum Gasteiger partial charge on any atom is 0.0469 e. The summed E-state index contributed by atoms with van der Waals surface area (Å²) < 4.78 is 6.52. The van der Waals surface area contributed by atoms with Crippen LogP contribution in [0.4, 0.5) is 5.69 Å². The Morgan fingerprint density at radius 1 is 1.38 bits per heavy atom. The SMILES string of the molecule is Cc1ccc(NCC2CCOCC2)cc1Br. The second kappa shape index (κ2) is 5.69. The lowest BCUT2D eigenvalue weighted by Crippen LogP contribution is -2.22. The van der Waals surface area contributed by atoms with Crippen molar-refractivity contribution in [2.45, 2.75) is 19.8 Å². The zero-order valence-electron chi connectivity index (χ0n) is 9.63. The van der Waals surface area contributed by atoms with Crippen molar-refractivity contribution in [3.05, 3.63) is 28.2 Å². The van der Waals surface area contributed by atoms with Gasteiger partial charge in [-0.05, 0) is 43.4 Å². The molecule has 2 nitrogen and oxygen atoms in total. The first-order valence-corrected chi connectivity index (χ1v) is 6.63. The Labute approximate surface area is 106 Å². The molecule has 0 amide bonds.